The van der Waals surface area contributed by atoms with E-state index in [-0.39, 0.29) is 11.7 Å². The minimum atomic E-state index is -0.358. The highest BCUT2D eigenvalue weighted by atomic mass is 79.9. The summed E-state index contributed by atoms with van der Waals surface area (Å²) >= 11 is 6.55. The molecule has 0 aliphatic rings. The van der Waals surface area contributed by atoms with Gasteiger partial charge in [0.05, 0.1) is 5.69 Å². The minimum absolute atomic E-state index is 0.230. The molecule has 1 amide bonds. The quantitative estimate of drug-likeness (QED) is 0.780. The van der Waals surface area contributed by atoms with Crippen molar-refractivity contribution >= 4 is 43.5 Å². The van der Waals surface area contributed by atoms with Gasteiger partial charge in [-0.3, -0.25) is 4.79 Å². The number of anilines is 1. The van der Waals surface area contributed by atoms with Crippen LogP contribution in [-0.4, -0.2) is 5.91 Å². The SMILES string of the molecule is Cc1ccc(Br)cc1C(=O)Nc1ccc(F)cc1Br. The summed E-state index contributed by atoms with van der Waals surface area (Å²) in [5, 5.41) is 2.75. The van der Waals surface area contributed by atoms with Crippen LogP contribution in [0, 0.1) is 12.7 Å². The van der Waals surface area contributed by atoms with Crippen molar-refractivity contribution in [1.82, 2.24) is 0 Å². The molecule has 19 heavy (non-hydrogen) atoms. The molecule has 98 valence electrons. The van der Waals surface area contributed by atoms with Crippen LogP contribution in [0.25, 0.3) is 0 Å². The van der Waals surface area contributed by atoms with Gasteiger partial charge in [0.15, 0.2) is 0 Å². The van der Waals surface area contributed by atoms with Crippen molar-refractivity contribution in [2.75, 3.05) is 5.32 Å². The van der Waals surface area contributed by atoms with E-state index in [1.54, 1.807) is 6.07 Å². The largest absolute Gasteiger partial charge is 0.321 e. The Morgan fingerprint density at radius 2 is 1.89 bits per heavy atom. The first kappa shape index (κ1) is 14.2. The summed E-state index contributed by atoms with van der Waals surface area (Å²) < 4.78 is 14.3. The van der Waals surface area contributed by atoms with Gasteiger partial charge in [-0.25, -0.2) is 4.39 Å². The Morgan fingerprint density at radius 1 is 1.16 bits per heavy atom. The molecule has 0 saturated heterocycles. The standard InChI is InChI=1S/C14H10Br2FNO/c1-8-2-3-9(15)6-11(8)14(19)18-13-5-4-10(17)7-12(13)16/h2-7H,1H3,(H,18,19). The Kier molecular flexibility index (Phi) is 4.37. The Balaban J connectivity index is 2.28. The number of carbonyl (C=O) groups excluding carboxylic acids is 1. The number of carbonyl (C=O) groups is 1. The molecule has 0 spiro atoms. The first-order chi connectivity index (χ1) is 8.97. The first-order valence-electron chi connectivity index (χ1n) is 5.50. The molecule has 2 aromatic carbocycles. The predicted molar refractivity (Wildman–Crippen MR) is 80.9 cm³/mol. The molecular formula is C14H10Br2FNO. The van der Waals surface area contributed by atoms with Crippen molar-refractivity contribution in [1.29, 1.82) is 0 Å². The molecule has 2 rings (SSSR count). The monoisotopic (exact) mass is 385 g/mol. The van der Waals surface area contributed by atoms with Crippen molar-refractivity contribution in [2.24, 2.45) is 0 Å². The van der Waals surface area contributed by atoms with E-state index in [4.69, 9.17) is 0 Å². The van der Waals surface area contributed by atoms with Crippen LogP contribution in [0.15, 0.2) is 45.3 Å². The van der Waals surface area contributed by atoms with Crippen LogP contribution in [0.1, 0.15) is 15.9 Å². The van der Waals surface area contributed by atoms with E-state index in [2.05, 4.69) is 37.2 Å². The maximum Gasteiger partial charge on any atom is 0.255 e. The van der Waals surface area contributed by atoms with Crippen molar-refractivity contribution in [3.05, 3.63) is 62.3 Å². The van der Waals surface area contributed by atoms with Crippen molar-refractivity contribution < 1.29 is 9.18 Å². The summed E-state index contributed by atoms with van der Waals surface area (Å²) in [4.78, 5) is 12.2. The van der Waals surface area contributed by atoms with Crippen LogP contribution in [0.2, 0.25) is 0 Å². The summed E-state index contributed by atoms with van der Waals surface area (Å²) in [5.74, 6) is -0.588. The third kappa shape index (κ3) is 3.42. The maximum atomic E-state index is 13.0. The van der Waals surface area contributed by atoms with Gasteiger partial charge in [-0.05, 0) is 58.7 Å². The average molecular weight is 387 g/mol. The summed E-state index contributed by atoms with van der Waals surface area (Å²) in [6.45, 7) is 1.86. The Labute approximate surface area is 127 Å². The van der Waals surface area contributed by atoms with E-state index in [0.717, 1.165) is 10.0 Å². The highest BCUT2D eigenvalue weighted by Gasteiger charge is 2.11. The van der Waals surface area contributed by atoms with Gasteiger partial charge in [-0.15, -0.1) is 0 Å². The van der Waals surface area contributed by atoms with Gasteiger partial charge in [0.2, 0.25) is 0 Å². The smallest absolute Gasteiger partial charge is 0.255 e. The van der Waals surface area contributed by atoms with Crippen molar-refractivity contribution in [3.8, 4) is 0 Å². The number of nitrogens with one attached hydrogen (secondary N) is 1. The number of halogens is 3. The molecule has 0 heterocycles. The van der Waals surface area contributed by atoms with E-state index in [0.29, 0.717) is 15.7 Å². The van der Waals surface area contributed by atoms with E-state index in [9.17, 15) is 9.18 Å². The Hall–Kier alpha value is -1.20. The second-order valence-corrected chi connectivity index (χ2v) is 5.81. The molecule has 2 nitrogen and oxygen atoms in total. The number of hydrogen-bond donors (Lipinski definition) is 1. The van der Waals surface area contributed by atoms with Crippen LogP contribution in [0.4, 0.5) is 10.1 Å². The van der Waals surface area contributed by atoms with E-state index in [1.807, 2.05) is 19.1 Å². The highest BCUT2D eigenvalue weighted by Crippen LogP contribution is 2.24. The lowest BCUT2D eigenvalue weighted by atomic mass is 10.1. The molecule has 1 N–H and O–H groups in total. The molecule has 0 aliphatic carbocycles. The van der Waals surface area contributed by atoms with Gasteiger partial charge in [0.25, 0.3) is 5.91 Å². The third-order valence-corrected chi connectivity index (χ3v) is 3.77. The summed E-state index contributed by atoms with van der Waals surface area (Å²) in [6.07, 6.45) is 0. The van der Waals surface area contributed by atoms with Gasteiger partial charge in [-0.1, -0.05) is 22.0 Å². The number of hydrogen-bond acceptors (Lipinski definition) is 1. The van der Waals surface area contributed by atoms with Gasteiger partial charge in [-0.2, -0.15) is 0 Å². The van der Waals surface area contributed by atoms with Gasteiger partial charge >= 0.3 is 0 Å². The van der Waals surface area contributed by atoms with E-state index < -0.39 is 0 Å². The fraction of sp³-hybridized carbons (Fsp3) is 0.0714. The maximum absolute atomic E-state index is 13.0. The normalized spacial score (nSPS) is 10.3. The second-order valence-electron chi connectivity index (χ2n) is 4.04. The molecule has 0 fully saturated rings. The zero-order valence-corrected chi connectivity index (χ0v) is 13.2. The highest BCUT2D eigenvalue weighted by molar-refractivity contribution is 9.10. The third-order valence-electron chi connectivity index (χ3n) is 2.62. The lowest BCUT2D eigenvalue weighted by molar-refractivity contribution is 0.102. The summed E-state index contributed by atoms with van der Waals surface area (Å²) in [6, 6.07) is 9.61. The zero-order valence-electron chi connectivity index (χ0n) is 10.0. The van der Waals surface area contributed by atoms with Crippen molar-refractivity contribution in [2.45, 2.75) is 6.92 Å². The number of benzene rings is 2. The van der Waals surface area contributed by atoms with Crippen LogP contribution in [-0.2, 0) is 0 Å². The molecule has 0 unspecified atom stereocenters. The van der Waals surface area contributed by atoms with Crippen LogP contribution in [0.5, 0.6) is 0 Å². The second kappa shape index (κ2) is 5.84. The summed E-state index contributed by atoms with van der Waals surface area (Å²) in [7, 11) is 0. The lowest BCUT2D eigenvalue weighted by Crippen LogP contribution is -2.13. The van der Waals surface area contributed by atoms with Crippen LogP contribution >= 0.6 is 31.9 Å². The Bertz CT molecular complexity index is 643. The van der Waals surface area contributed by atoms with Gasteiger partial charge < -0.3 is 5.32 Å². The molecule has 0 aliphatic heterocycles. The van der Waals surface area contributed by atoms with Crippen LogP contribution < -0.4 is 5.32 Å². The van der Waals surface area contributed by atoms with Gasteiger partial charge in [0.1, 0.15) is 5.82 Å². The topological polar surface area (TPSA) is 29.1 Å². The van der Waals surface area contributed by atoms with Crippen LogP contribution in [0.3, 0.4) is 0 Å². The van der Waals surface area contributed by atoms with E-state index in [1.165, 1.54) is 18.2 Å². The minimum Gasteiger partial charge on any atom is -0.321 e. The fourth-order valence-corrected chi connectivity index (χ4v) is 2.43. The lowest BCUT2D eigenvalue weighted by Gasteiger charge is -2.09. The Morgan fingerprint density at radius 3 is 2.58 bits per heavy atom. The molecule has 0 aromatic heterocycles. The van der Waals surface area contributed by atoms with Crippen molar-refractivity contribution in [3.63, 3.8) is 0 Å². The zero-order chi connectivity index (χ0) is 14.0. The molecular weight excluding hydrogens is 377 g/mol. The average Bonchev–Trinajstić information content (AvgIpc) is 2.35. The molecule has 5 heteroatoms. The molecule has 0 bridgehead atoms. The summed E-state index contributed by atoms with van der Waals surface area (Å²) in [5.41, 5.74) is 1.98. The molecule has 2 aromatic rings. The van der Waals surface area contributed by atoms with Gasteiger partial charge in [0, 0.05) is 14.5 Å². The number of aryl methyl sites for hydroxylation is 1. The molecule has 0 atom stereocenters. The first-order valence-corrected chi connectivity index (χ1v) is 7.08. The predicted octanol–water partition coefficient (Wildman–Crippen LogP) is 4.91. The molecule has 0 saturated carbocycles. The number of rotatable bonds is 2. The molecule has 0 radical (unpaired) electrons. The van der Waals surface area contributed by atoms with E-state index >= 15 is 0 Å². The fourth-order valence-electron chi connectivity index (χ4n) is 1.62. The number of amides is 1.